The summed E-state index contributed by atoms with van der Waals surface area (Å²) in [6.45, 7) is 4.64. The van der Waals surface area contributed by atoms with E-state index in [-0.39, 0.29) is 11.5 Å². The Hall–Kier alpha value is -5.41. The van der Waals surface area contributed by atoms with E-state index in [1.807, 2.05) is 30.6 Å². The van der Waals surface area contributed by atoms with Gasteiger partial charge in [-0.3, -0.25) is 4.99 Å². The molecule has 0 aliphatic heterocycles. The third-order valence-electron chi connectivity index (χ3n) is 8.88. The van der Waals surface area contributed by atoms with Gasteiger partial charge < -0.3 is 11.1 Å². The van der Waals surface area contributed by atoms with Crippen molar-refractivity contribution in [3.05, 3.63) is 168 Å². The summed E-state index contributed by atoms with van der Waals surface area (Å²) >= 11 is 0. The molecule has 7 rings (SSSR count). The lowest BCUT2D eigenvalue weighted by Gasteiger charge is -2.22. The molecule has 0 amide bonds. The van der Waals surface area contributed by atoms with E-state index in [4.69, 9.17) is 10.7 Å². The van der Waals surface area contributed by atoms with Gasteiger partial charge in [0.15, 0.2) is 0 Å². The number of para-hydroxylation sites is 1. The van der Waals surface area contributed by atoms with Gasteiger partial charge in [-0.25, -0.2) is 0 Å². The first-order valence-electron chi connectivity index (χ1n) is 15.1. The van der Waals surface area contributed by atoms with Gasteiger partial charge in [0.1, 0.15) is 6.04 Å². The van der Waals surface area contributed by atoms with Gasteiger partial charge in [-0.2, -0.15) is 0 Å². The highest BCUT2D eigenvalue weighted by Gasteiger charge is 2.37. The molecule has 3 heteroatoms. The largest absolute Gasteiger partial charge is 0.398 e. The number of fused-ring (bicyclic) bond motifs is 3. The van der Waals surface area contributed by atoms with Gasteiger partial charge in [0, 0.05) is 27.9 Å². The number of hydrogen-bond donors (Lipinski definition) is 2. The zero-order chi connectivity index (χ0) is 30.1. The molecule has 214 valence electrons. The number of anilines is 2. The Morgan fingerprint density at radius 3 is 1.93 bits per heavy atom. The highest BCUT2D eigenvalue weighted by molar-refractivity contribution is 6.00. The highest BCUT2D eigenvalue weighted by Crippen LogP contribution is 2.53. The maximum Gasteiger partial charge on any atom is 0.104 e. The molecule has 0 saturated heterocycles. The second-order valence-electron chi connectivity index (χ2n) is 11.9. The van der Waals surface area contributed by atoms with Gasteiger partial charge >= 0.3 is 0 Å². The lowest BCUT2D eigenvalue weighted by molar-refractivity contribution is 0.660. The molecule has 0 fully saturated rings. The fourth-order valence-corrected chi connectivity index (χ4v) is 6.60. The minimum absolute atomic E-state index is 0.0794. The molecular weight excluding hydrogens is 534 g/mol. The second-order valence-corrected chi connectivity index (χ2v) is 11.9. The maximum absolute atomic E-state index is 6.50. The Balaban J connectivity index is 1.29. The van der Waals surface area contributed by atoms with E-state index in [0.717, 1.165) is 22.5 Å². The molecule has 0 heterocycles. The van der Waals surface area contributed by atoms with Crippen LogP contribution in [0.3, 0.4) is 0 Å². The van der Waals surface area contributed by atoms with Crippen molar-refractivity contribution in [3.63, 3.8) is 0 Å². The number of nitrogen functional groups attached to an aromatic ring is 1. The van der Waals surface area contributed by atoms with Crippen molar-refractivity contribution in [2.24, 2.45) is 4.99 Å². The summed E-state index contributed by atoms with van der Waals surface area (Å²) in [5, 5.41) is 3.59. The van der Waals surface area contributed by atoms with Gasteiger partial charge in [0.05, 0.1) is 6.34 Å². The summed E-state index contributed by atoms with van der Waals surface area (Å²) in [6.07, 6.45) is 1.84. The molecule has 0 bridgehead atoms. The molecule has 6 aromatic rings. The topological polar surface area (TPSA) is 50.4 Å². The van der Waals surface area contributed by atoms with Gasteiger partial charge in [-0.1, -0.05) is 147 Å². The van der Waals surface area contributed by atoms with Gasteiger partial charge in [-0.15, -0.1) is 0 Å². The number of aliphatic imine (C=N–C) groups is 1. The highest BCUT2D eigenvalue weighted by atomic mass is 15.0. The van der Waals surface area contributed by atoms with Crippen molar-refractivity contribution >= 4 is 17.7 Å². The van der Waals surface area contributed by atoms with Crippen molar-refractivity contribution in [2.45, 2.75) is 25.3 Å². The molecule has 1 aliphatic rings. The number of nitrogens with two attached hydrogens (primary N) is 1. The Morgan fingerprint density at radius 1 is 0.591 bits per heavy atom. The van der Waals surface area contributed by atoms with Crippen molar-refractivity contribution in [2.75, 3.05) is 11.1 Å². The van der Waals surface area contributed by atoms with Crippen LogP contribution in [0.25, 0.3) is 33.4 Å². The maximum atomic E-state index is 6.50. The molecule has 1 aliphatic carbocycles. The molecule has 3 N–H and O–H groups in total. The van der Waals surface area contributed by atoms with Crippen LogP contribution in [0.2, 0.25) is 0 Å². The Bertz CT molecular complexity index is 1960. The zero-order valence-electron chi connectivity index (χ0n) is 25.0. The van der Waals surface area contributed by atoms with E-state index < -0.39 is 0 Å². The number of rotatable bonds is 7. The predicted octanol–water partition coefficient (Wildman–Crippen LogP) is 10.1. The summed E-state index contributed by atoms with van der Waals surface area (Å²) in [4.78, 5) is 5.11. The molecule has 0 saturated carbocycles. The molecule has 0 aromatic heterocycles. The van der Waals surface area contributed by atoms with Gasteiger partial charge in [0.2, 0.25) is 0 Å². The number of nitrogens with one attached hydrogen (secondary N) is 1. The Kier molecular flexibility index (Phi) is 7.07. The third kappa shape index (κ3) is 4.87. The monoisotopic (exact) mass is 569 g/mol. The molecule has 6 aromatic carbocycles. The standard InChI is InChI=1S/C41H35N3/c1-41(2)34-19-11-9-17-32(34)39-35(41)25-26-37(38(39)30-15-7-4-8-16-30)43-27-44-40(33-18-10-12-20-36(33)42)31-23-21-29(22-24-31)28-13-5-3-6-14-28/h3-27,40H,42H2,1-2H3,(H,43,44). The van der Waals surface area contributed by atoms with E-state index >= 15 is 0 Å². The first kappa shape index (κ1) is 27.4. The Labute approximate surface area is 259 Å². The quantitative estimate of drug-likeness (QED) is 0.114. The fraction of sp³-hybridized carbons (Fsp3) is 0.0976. The minimum Gasteiger partial charge on any atom is -0.398 e. The van der Waals surface area contributed by atoms with Crippen LogP contribution in [-0.2, 0) is 5.41 Å². The summed E-state index contributed by atoms with van der Waals surface area (Å²) in [6, 6.07) is 50.7. The lowest BCUT2D eigenvalue weighted by Crippen LogP contribution is -2.15. The van der Waals surface area contributed by atoms with Crippen molar-refractivity contribution in [1.82, 2.24) is 0 Å². The average Bonchev–Trinajstić information content (AvgIpc) is 3.30. The molecule has 3 nitrogen and oxygen atoms in total. The van der Waals surface area contributed by atoms with Crippen LogP contribution in [0.1, 0.15) is 42.1 Å². The van der Waals surface area contributed by atoms with E-state index in [1.165, 1.54) is 44.5 Å². The first-order chi connectivity index (χ1) is 21.5. The fourth-order valence-electron chi connectivity index (χ4n) is 6.60. The van der Waals surface area contributed by atoms with Crippen LogP contribution in [0.5, 0.6) is 0 Å². The molecule has 44 heavy (non-hydrogen) atoms. The summed E-state index contributed by atoms with van der Waals surface area (Å²) in [5.41, 5.74) is 20.2. The number of hydrogen-bond acceptors (Lipinski definition) is 2. The van der Waals surface area contributed by atoms with Crippen molar-refractivity contribution in [3.8, 4) is 33.4 Å². The summed E-state index contributed by atoms with van der Waals surface area (Å²) in [7, 11) is 0. The normalized spacial score (nSPS) is 13.8. The predicted molar refractivity (Wildman–Crippen MR) is 186 cm³/mol. The van der Waals surface area contributed by atoms with Crippen LogP contribution in [-0.4, -0.2) is 6.34 Å². The SMILES string of the molecule is CC1(C)c2ccccc2-c2c1ccc(NC=NC(c1ccc(-c3ccccc3)cc1)c1ccccc1N)c2-c1ccccc1. The van der Waals surface area contributed by atoms with E-state index in [1.54, 1.807) is 0 Å². The van der Waals surface area contributed by atoms with Crippen LogP contribution >= 0.6 is 0 Å². The van der Waals surface area contributed by atoms with Crippen LogP contribution in [0.4, 0.5) is 11.4 Å². The van der Waals surface area contributed by atoms with E-state index in [2.05, 4.69) is 140 Å². The molecule has 1 atom stereocenters. The van der Waals surface area contributed by atoms with E-state index in [0.29, 0.717) is 0 Å². The van der Waals surface area contributed by atoms with Gasteiger partial charge in [0.25, 0.3) is 0 Å². The second kappa shape index (κ2) is 11.3. The van der Waals surface area contributed by atoms with Crippen LogP contribution in [0.15, 0.2) is 151 Å². The van der Waals surface area contributed by atoms with Crippen molar-refractivity contribution < 1.29 is 0 Å². The van der Waals surface area contributed by atoms with E-state index in [9.17, 15) is 0 Å². The summed E-state index contributed by atoms with van der Waals surface area (Å²) < 4.78 is 0. The molecule has 0 radical (unpaired) electrons. The minimum atomic E-state index is -0.261. The van der Waals surface area contributed by atoms with Crippen LogP contribution < -0.4 is 11.1 Å². The lowest BCUT2D eigenvalue weighted by atomic mass is 9.81. The van der Waals surface area contributed by atoms with Crippen LogP contribution in [0, 0.1) is 0 Å². The number of benzene rings is 6. The summed E-state index contributed by atoms with van der Waals surface area (Å²) in [5.74, 6) is 0. The van der Waals surface area contributed by atoms with Gasteiger partial charge in [-0.05, 0) is 56.6 Å². The number of nitrogens with zero attached hydrogens (tertiary/aromatic N) is 1. The molecule has 1 unspecified atom stereocenters. The zero-order valence-corrected chi connectivity index (χ0v) is 25.0. The average molecular weight is 570 g/mol. The first-order valence-corrected chi connectivity index (χ1v) is 15.1. The smallest absolute Gasteiger partial charge is 0.104 e. The Morgan fingerprint density at radius 2 is 1.20 bits per heavy atom. The van der Waals surface area contributed by atoms with Crippen molar-refractivity contribution in [1.29, 1.82) is 0 Å². The third-order valence-corrected chi connectivity index (χ3v) is 8.88. The molecular formula is C41H35N3. The molecule has 0 spiro atoms.